The van der Waals surface area contributed by atoms with Gasteiger partial charge in [-0.2, -0.15) is 0 Å². The van der Waals surface area contributed by atoms with Crippen molar-refractivity contribution in [2.75, 3.05) is 46.6 Å². The van der Waals surface area contributed by atoms with E-state index in [-0.39, 0.29) is 55.2 Å². The van der Waals surface area contributed by atoms with Crippen LogP contribution < -0.4 is 15.8 Å². The fourth-order valence-electron chi connectivity index (χ4n) is 9.78. The van der Waals surface area contributed by atoms with Crippen LogP contribution in [0, 0.1) is 17.8 Å². The largest absolute Gasteiger partial charge is 0.504 e. The van der Waals surface area contributed by atoms with Crippen LogP contribution in [0.3, 0.4) is 0 Å². The first kappa shape index (κ1) is 48.3. The number of carbonyl (C=O) groups excluding carboxylic acids is 2. The van der Waals surface area contributed by atoms with Crippen molar-refractivity contribution in [3.05, 3.63) is 95.1 Å². The van der Waals surface area contributed by atoms with Crippen molar-refractivity contribution in [1.82, 2.24) is 5.32 Å². The van der Waals surface area contributed by atoms with Crippen molar-refractivity contribution in [3.8, 4) is 23.0 Å². The predicted octanol–water partition coefficient (Wildman–Crippen LogP) is 1.84. The zero-order valence-electron chi connectivity index (χ0n) is 35.5. The Morgan fingerprint density at radius 1 is 0.969 bits per heavy atom. The molecule has 3 aromatic carbocycles. The minimum Gasteiger partial charge on any atom is -0.504 e. The third-order valence-electron chi connectivity index (χ3n) is 12.9. The first-order valence-electron chi connectivity index (χ1n) is 21.3. The summed E-state index contributed by atoms with van der Waals surface area (Å²) in [7, 11) is 1.49. The number of carboxylic acid groups (broad SMARTS) is 1. The first-order valence-corrected chi connectivity index (χ1v) is 21.3. The number of nitrogens with two attached hydrogens (primary N) is 1. The van der Waals surface area contributed by atoms with Crippen LogP contribution in [0.1, 0.15) is 47.9 Å². The first-order chi connectivity index (χ1) is 30.7. The van der Waals surface area contributed by atoms with Crippen molar-refractivity contribution in [3.63, 3.8) is 0 Å². The molecule has 0 spiro atoms. The summed E-state index contributed by atoms with van der Waals surface area (Å²) in [5.74, 6) is -6.83. The fraction of sp³-hybridized carbons (Fsp3) is 0.468. The van der Waals surface area contributed by atoms with E-state index in [4.69, 9.17) is 24.7 Å². The highest BCUT2D eigenvalue weighted by Crippen LogP contribution is 2.59. The van der Waals surface area contributed by atoms with E-state index in [0.717, 1.165) is 17.7 Å². The number of ether oxygens (including phenoxy) is 4. The summed E-state index contributed by atoms with van der Waals surface area (Å²) in [5, 5.41) is 89.5. The number of hydrogen-bond acceptors (Lipinski definition) is 16. The van der Waals surface area contributed by atoms with Crippen LogP contribution in [0.5, 0.6) is 23.0 Å². The van der Waals surface area contributed by atoms with E-state index in [1.807, 2.05) is 30.3 Å². The summed E-state index contributed by atoms with van der Waals surface area (Å²) in [5.41, 5.74) is 0.860. The lowest BCUT2D eigenvalue weighted by Gasteiger charge is -2.66. The van der Waals surface area contributed by atoms with Crippen molar-refractivity contribution < 1.29 is 74.2 Å². The van der Waals surface area contributed by atoms with Crippen LogP contribution in [-0.4, -0.2) is 140 Å². The Hall–Kier alpha value is -5.21. The van der Waals surface area contributed by atoms with Crippen LogP contribution in [0.4, 0.5) is 0 Å². The number of rotatable bonds is 20. The standard InChI is InChI=1S/C47H58N2O15/c1-49-41(25-52)47-40-20-33(24-51)45(64-47,42(58)14-11-31-18-35(54)36(55)19-32(31)23-50)21-30(8-7-28-5-3-2-4-6-28)26-62-43(47)38(57)22-46(40,44(59)60)63-27-34(53)12-9-29-10-13-39(37(56)17-29)61-16-15-48/h2-6,9-14,17-19,30,33,38,40-41,43,49-52,54-57H,7-8,15-16,20-27,48H2,1H3,(H,59,60). The highest BCUT2D eigenvalue weighted by Gasteiger charge is 2.75. The zero-order valence-corrected chi connectivity index (χ0v) is 35.5. The normalized spacial score (nSPS) is 28.4. The summed E-state index contributed by atoms with van der Waals surface area (Å²) in [6.45, 7) is -2.37. The van der Waals surface area contributed by atoms with E-state index in [9.17, 15) is 50.4 Å². The van der Waals surface area contributed by atoms with Gasteiger partial charge in [-0.05, 0) is 97.3 Å². The molecule has 3 fully saturated rings. The number of aryl methyl sites for hydroxylation is 1. The number of likely N-dealkylation sites (N-methyl/N-ethyl adjacent to an activating group) is 1. The van der Waals surface area contributed by atoms with Gasteiger partial charge in [-0.15, -0.1) is 0 Å². The van der Waals surface area contributed by atoms with Gasteiger partial charge in [0.2, 0.25) is 0 Å². The second kappa shape index (κ2) is 20.7. The lowest BCUT2D eigenvalue weighted by atomic mass is 9.53. The molecule has 3 aliphatic rings. The van der Waals surface area contributed by atoms with Crippen LogP contribution in [-0.2, 0) is 41.6 Å². The molecule has 0 aromatic heterocycles. The molecule has 3 aromatic rings. The molecular weight excluding hydrogens is 833 g/mol. The Morgan fingerprint density at radius 3 is 2.38 bits per heavy atom. The second-order valence-electron chi connectivity index (χ2n) is 16.7. The SMILES string of the molecule is CNC(CO)C12OC3(C(=O)C=Cc4cc(O)c(O)cc4CO)CC(CCc4ccccc4)COC1C(O)CC(OCC(=O)C=Cc1ccc(OCCN)c(O)c1)(C(=O)O)C2CC3CO. The number of aliphatic hydroxyl groups excluding tert-OH is 4. The Kier molecular flexibility index (Phi) is 15.6. The summed E-state index contributed by atoms with van der Waals surface area (Å²) in [6, 6.07) is 15.2. The number of aliphatic carboxylic acids is 1. The lowest BCUT2D eigenvalue weighted by Crippen LogP contribution is -2.82. The smallest absolute Gasteiger partial charge is 0.336 e. The van der Waals surface area contributed by atoms with Crippen LogP contribution >= 0.6 is 0 Å². The van der Waals surface area contributed by atoms with Crippen molar-refractivity contribution in [2.24, 2.45) is 23.5 Å². The van der Waals surface area contributed by atoms with Gasteiger partial charge in [0.15, 0.2) is 40.2 Å². The molecule has 17 heteroatoms. The molecule has 0 amide bonds. The number of carbonyl (C=O) groups is 3. The van der Waals surface area contributed by atoms with E-state index in [0.29, 0.717) is 18.4 Å². The van der Waals surface area contributed by atoms with Gasteiger partial charge in [0.05, 0.1) is 32.0 Å². The maximum absolute atomic E-state index is 15.1. The van der Waals surface area contributed by atoms with Gasteiger partial charge in [0.25, 0.3) is 0 Å². The van der Waals surface area contributed by atoms with Gasteiger partial charge in [-0.1, -0.05) is 48.6 Å². The van der Waals surface area contributed by atoms with Gasteiger partial charge in [-0.25, -0.2) is 4.79 Å². The highest BCUT2D eigenvalue weighted by molar-refractivity contribution is 6.01. The van der Waals surface area contributed by atoms with Gasteiger partial charge in [0, 0.05) is 31.4 Å². The fourth-order valence-corrected chi connectivity index (χ4v) is 9.78. The Bertz CT molecular complexity index is 2180. The van der Waals surface area contributed by atoms with Crippen molar-refractivity contribution >= 4 is 29.7 Å². The number of aliphatic hydroxyl groups is 4. The predicted molar refractivity (Wildman–Crippen MR) is 231 cm³/mol. The van der Waals surface area contributed by atoms with Gasteiger partial charge in [0.1, 0.15) is 30.5 Å². The minimum atomic E-state index is -2.41. The number of phenolic OH excluding ortho intramolecular Hbond substituents is 3. The van der Waals surface area contributed by atoms with Crippen LogP contribution in [0.25, 0.3) is 12.2 Å². The molecule has 1 saturated carbocycles. The summed E-state index contributed by atoms with van der Waals surface area (Å²) in [4.78, 5) is 42.3. The number of phenols is 3. The summed E-state index contributed by atoms with van der Waals surface area (Å²) >= 11 is 0. The number of fused-ring (bicyclic) bond motifs is 1. The van der Waals surface area contributed by atoms with E-state index >= 15 is 4.79 Å². The molecule has 2 saturated heterocycles. The molecule has 2 aliphatic heterocycles. The topological polar surface area (TPSA) is 288 Å². The van der Waals surface area contributed by atoms with E-state index in [1.165, 1.54) is 43.5 Å². The third-order valence-corrected chi connectivity index (χ3v) is 12.9. The molecule has 11 N–H and O–H groups in total. The van der Waals surface area contributed by atoms with Crippen molar-refractivity contribution in [1.29, 1.82) is 0 Å². The third kappa shape index (κ3) is 9.59. The molecule has 64 heavy (non-hydrogen) atoms. The second-order valence-corrected chi connectivity index (χ2v) is 16.7. The minimum absolute atomic E-state index is 0.0362. The maximum atomic E-state index is 15.1. The van der Waals surface area contributed by atoms with Gasteiger partial charge in [-0.3, -0.25) is 9.59 Å². The molecule has 2 bridgehead atoms. The summed E-state index contributed by atoms with van der Waals surface area (Å²) in [6.07, 6.45) is 2.12. The molecule has 346 valence electrons. The van der Waals surface area contributed by atoms with Crippen molar-refractivity contribution in [2.45, 2.75) is 73.8 Å². The van der Waals surface area contributed by atoms with E-state index in [1.54, 1.807) is 6.07 Å². The number of hydrogen-bond donors (Lipinski definition) is 10. The number of benzene rings is 3. The molecule has 17 nitrogen and oxygen atoms in total. The number of carboxylic acids is 1. The molecule has 1 aliphatic carbocycles. The summed E-state index contributed by atoms with van der Waals surface area (Å²) < 4.78 is 25.3. The Labute approximate surface area is 370 Å². The maximum Gasteiger partial charge on any atom is 0.336 e. The van der Waals surface area contributed by atoms with Gasteiger partial charge >= 0.3 is 5.97 Å². The Morgan fingerprint density at radius 2 is 1.72 bits per heavy atom. The molecule has 0 radical (unpaired) electrons. The van der Waals surface area contributed by atoms with Crippen LogP contribution in [0.15, 0.2) is 72.8 Å². The highest BCUT2D eigenvalue weighted by atomic mass is 16.6. The molecule has 2 heterocycles. The molecular formula is C47H58N2O15. The number of aromatic hydroxyl groups is 3. The quantitative estimate of drug-likeness (QED) is 0.0572. The average Bonchev–Trinajstić information content (AvgIpc) is 3.28. The molecule has 9 unspecified atom stereocenters. The average molecular weight is 891 g/mol. The van der Waals surface area contributed by atoms with Crippen LogP contribution in [0.2, 0.25) is 0 Å². The number of nitrogens with one attached hydrogen (secondary N) is 1. The van der Waals surface area contributed by atoms with E-state index < -0.39 is 115 Å². The zero-order chi connectivity index (χ0) is 46.2. The lowest BCUT2D eigenvalue weighted by molar-refractivity contribution is -0.356. The van der Waals surface area contributed by atoms with Gasteiger partial charge < -0.3 is 70.9 Å². The molecule has 6 rings (SSSR count). The molecule has 9 atom stereocenters. The number of ketones is 2. The Balaban J connectivity index is 1.42. The monoisotopic (exact) mass is 890 g/mol. The van der Waals surface area contributed by atoms with E-state index in [2.05, 4.69) is 5.32 Å².